The van der Waals surface area contributed by atoms with Crippen LogP contribution < -0.4 is 19.5 Å². The van der Waals surface area contributed by atoms with Crippen LogP contribution in [-0.4, -0.2) is 27.2 Å². The summed E-state index contributed by atoms with van der Waals surface area (Å²) in [4.78, 5) is 12.5. The number of methoxy groups -OCH3 is 3. The van der Waals surface area contributed by atoms with Crippen molar-refractivity contribution in [3.63, 3.8) is 0 Å². The van der Waals surface area contributed by atoms with E-state index in [-0.39, 0.29) is 11.8 Å². The van der Waals surface area contributed by atoms with Crippen molar-refractivity contribution in [2.75, 3.05) is 26.6 Å². The molecule has 0 radical (unpaired) electrons. The number of benzene rings is 1. The van der Waals surface area contributed by atoms with E-state index in [1.54, 1.807) is 33.5 Å². The van der Waals surface area contributed by atoms with Crippen molar-refractivity contribution in [1.82, 2.24) is 0 Å². The van der Waals surface area contributed by atoms with E-state index >= 15 is 0 Å². The molecule has 1 N–H and O–H groups in total. The Morgan fingerprint density at radius 3 is 2.18 bits per heavy atom. The number of amides is 1. The fraction of sp³-hybridized carbons (Fsp3) is 0.471. The van der Waals surface area contributed by atoms with Gasteiger partial charge in [0.15, 0.2) is 11.5 Å². The molecule has 0 spiro atoms. The van der Waals surface area contributed by atoms with Gasteiger partial charge in [-0.2, -0.15) is 0 Å². The number of ether oxygens (including phenoxy) is 3. The Morgan fingerprint density at radius 1 is 1.05 bits per heavy atom. The number of allylic oxidation sites excluding steroid dienone is 2. The molecule has 3 rings (SSSR count). The van der Waals surface area contributed by atoms with Crippen LogP contribution in [0.4, 0.5) is 5.69 Å². The lowest BCUT2D eigenvalue weighted by atomic mass is 9.93. The first-order valence-electron chi connectivity index (χ1n) is 7.45. The molecular weight excluding hydrogens is 282 g/mol. The summed E-state index contributed by atoms with van der Waals surface area (Å²) in [6.45, 7) is 0. The zero-order valence-corrected chi connectivity index (χ0v) is 13.1. The van der Waals surface area contributed by atoms with Gasteiger partial charge in [-0.3, -0.25) is 4.79 Å². The molecule has 2 aliphatic carbocycles. The van der Waals surface area contributed by atoms with Crippen LogP contribution in [0, 0.1) is 17.8 Å². The molecule has 0 heterocycles. The van der Waals surface area contributed by atoms with Crippen molar-refractivity contribution in [3.05, 3.63) is 24.3 Å². The Hall–Kier alpha value is -2.17. The number of carbonyl (C=O) groups excluding carboxylic acids is 1. The minimum absolute atomic E-state index is 0.0612. The molecule has 5 nitrogen and oxygen atoms in total. The summed E-state index contributed by atoms with van der Waals surface area (Å²) in [5.74, 6) is 2.66. The average Bonchev–Trinajstić information content (AvgIpc) is 3.16. The highest BCUT2D eigenvalue weighted by molar-refractivity contribution is 5.94. The van der Waals surface area contributed by atoms with Gasteiger partial charge in [0.2, 0.25) is 11.7 Å². The second-order valence-electron chi connectivity index (χ2n) is 5.79. The van der Waals surface area contributed by atoms with Gasteiger partial charge in [-0.15, -0.1) is 0 Å². The van der Waals surface area contributed by atoms with Crippen molar-refractivity contribution in [1.29, 1.82) is 0 Å². The largest absolute Gasteiger partial charge is 0.493 e. The van der Waals surface area contributed by atoms with E-state index in [1.165, 1.54) is 0 Å². The molecule has 22 heavy (non-hydrogen) atoms. The lowest BCUT2D eigenvalue weighted by Gasteiger charge is -2.19. The first kappa shape index (κ1) is 14.8. The third-order valence-electron chi connectivity index (χ3n) is 4.55. The normalized spacial score (nSPS) is 25.1. The zero-order chi connectivity index (χ0) is 15.7. The summed E-state index contributed by atoms with van der Waals surface area (Å²) in [6, 6.07) is 3.50. The van der Waals surface area contributed by atoms with Gasteiger partial charge in [0, 0.05) is 23.7 Å². The lowest BCUT2D eigenvalue weighted by Crippen LogP contribution is -2.25. The van der Waals surface area contributed by atoms with Gasteiger partial charge in [-0.1, -0.05) is 12.2 Å². The summed E-state index contributed by atoms with van der Waals surface area (Å²) in [5, 5.41) is 2.98. The van der Waals surface area contributed by atoms with Crippen molar-refractivity contribution in [3.8, 4) is 17.2 Å². The number of nitrogens with one attached hydrogen (secondary N) is 1. The van der Waals surface area contributed by atoms with Crippen molar-refractivity contribution < 1.29 is 19.0 Å². The second kappa shape index (κ2) is 5.91. The van der Waals surface area contributed by atoms with Crippen LogP contribution >= 0.6 is 0 Å². The van der Waals surface area contributed by atoms with E-state index in [2.05, 4.69) is 17.5 Å². The van der Waals surface area contributed by atoms with Crippen molar-refractivity contribution >= 4 is 11.6 Å². The third kappa shape index (κ3) is 2.51. The molecule has 1 fully saturated rings. The van der Waals surface area contributed by atoms with Crippen molar-refractivity contribution in [2.45, 2.75) is 12.8 Å². The molecular formula is C17H21NO4. The van der Waals surface area contributed by atoms with Gasteiger partial charge in [-0.05, 0) is 24.7 Å². The van der Waals surface area contributed by atoms with Gasteiger partial charge in [-0.25, -0.2) is 0 Å². The van der Waals surface area contributed by atoms with E-state index in [1.807, 2.05) is 0 Å². The van der Waals surface area contributed by atoms with E-state index in [0.29, 0.717) is 34.8 Å². The fourth-order valence-corrected chi connectivity index (χ4v) is 3.47. The van der Waals surface area contributed by atoms with Crippen molar-refractivity contribution in [2.24, 2.45) is 17.8 Å². The smallest absolute Gasteiger partial charge is 0.228 e. The molecule has 0 aromatic heterocycles. The molecule has 2 aliphatic rings. The van der Waals surface area contributed by atoms with E-state index in [0.717, 1.165) is 12.8 Å². The monoisotopic (exact) mass is 303 g/mol. The lowest BCUT2D eigenvalue weighted by molar-refractivity contribution is -0.120. The first-order valence-corrected chi connectivity index (χ1v) is 7.45. The average molecular weight is 303 g/mol. The Kier molecular flexibility index (Phi) is 3.96. The van der Waals surface area contributed by atoms with Gasteiger partial charge < -0.3 is 19.5 Å². The SMILES string of the molecule is COc1cc(NC(=O)[C@H]2C[C@@H]3C=C[C@H]2C3)cc(OC)c1OC. The summed E-state index contributed by atoms with van der Waals surface area (Å²) in [6.07, 6.45) is 6.45. The Balaban J connectivity index is 1.80. The van der Waals surface area contributed by atoms with Gasteiger partial charge >= 0.3 is 0 Å². The highest BCUT2D eigenvalue weighted by Gasteiger charge is 2.39. The molecule has 2 bridgehead atoms. The highest BCUT2D eigenvalue weighted by atomic mass is 16.5. The summed E-state index contributed by atoms with van der Waals surface area (Å²) in [5.41, 5.74) is 0.659. The topological polar surface area (TPSA) is 56.8 Å². The predicted molar refractivity (Wildman–Crippen MR) is 83.6 cm³/mol. The molecule has 1 aromatic carbocycles. The molecule has 0 aliphatic heterocycles. The van der Waals surface area contributed by atoms with Crippen LogP contribution in [0.25, 0.3) is 0 Å². The van der Waals surface area contributed by atoms with E-state index in [9.17, 15) is 4.79 Å². The Bertz CT molecular complexity index is 586. The molecule has 0 saturated heterocycles. The number of rotatable bonds is 5. The molecule has 1 amide bonds. The summed E-state index contributed by atoms with van der Waals surface area (Å²) < 4.78 is 15.9. The predicted octanol–water partition coefficient (Wildman–Crippen LogP) is 2.86. The van der Waals surface area contributed by atoms with Crippen LogP contribution in [0.5, 0.6) is 17.2 Å². The maximum atomic E-state index is 12.5. The standard InChI is InChI=1S/C17H21NO4/c1-20-14-8-12(9-15(21-2)16(14)22-3)18-17(19)13-7-10-4-5-11(13)6-10/h4-5,8-11,13H,6-7H2,1-3H3,(H,18,19)/t10-,11+,13+/m1/s1. The number of carbonyl (C=O) groups is 1. The number of fused-ring (bicyclic) bond motifs is 2. The van der Waals surface area contributed by atoms with Crippen LogP contribution in [0.3, 0.4) is 0 Å². The Morgan fingerprint density at radius 2 is 1.73 bits per heavy atom. The minimum atomic E-state index is 0.0612. The minimum Gasteiger partial charge on any atom is -0.493 e. The fourth-order valence-electron chi connectivity index (χ4n) is 3.47. The maximum absolute atomic E-state index is 12.5. The molecule has 5 heteroatoms. The number of anilines is 1. The third-order valence-corrected chi connectivity index (χ3v) is 4.55. The van der Waals surface area contributed by atoms with Gasteiger partial charge in [0.25, 0.3) is 0 Å². The van der Waals surface area contributed by atoms with E-state index in [4.69, 9.17) is 14.2 Å². The molecule has 3 atom stereocenters. The summed E-state index contributed by atoms with van der Waals surface area (Å²) >= 11 is 0. The highest BCUT2D eigenvalue weighted by Crippen LogP contribution is 2.44. The van der Waals surface area contributed by atoms with Crippen LogP contribution in [0.2, 0.25) is 0 Å². The number of hydrogen-bond acceptors (Lipinski definition) is 4. The number of hydrogen-bond donors (Lipinski definition) is 1. The van der Waals surface area contributed by atoms with Gasteiger partial charge in [0.05, 0.1) is 21.3 Å². The van der Waals surface area contributed by atoms with Crippen LogP contribution in [-0.2, 0) is 4.79 Å². The molecule has 0 unspecified atom stereocenters. The van der Waals surface area contributed by atoms with Gasteiger partial charge in [0.1, 0.15) is 0 Å². The van der Waals surface area contributed by atoms with Crippen LogP contribution in [0.1, 0.15) is 12.8 Å². The quantitative estimate of drug-likeness (QED) is 0.850. The molecule has 1 saturated carbocycles. The van der Waals surface area contributed by atoms with E-state index < -0.39 is 0 Å². The molecule has 118 valence electrons. The molecule has 1 aromatic rings. The first-order chi connectivity index (χ1) is 10.7. The second-order valence-corrected chi connectivity index (χ2v) is 5.79. The zero-order valence-electron chi connectivity index (χ0n) is 13.1. The van der Waals surface area contributed by atoms with Crippen LogP contribution in [0.15, 0.2) is 24.3 Å². The maximum Gasteiger partial charge on any atom is 0.228 e. The summed E-state index contributed by atoms with van der Waals surface area (Å²) in [7, 11) is 4.67. The Labute approximate surface area is 130 Å².